The Morgan fingerprint density at radius 3 is 1.16 bits per heavy atom. The third-order valence-corrected chi connectivity index (χ3v) is 28.7. The summed E-state index contributed by atoms with van der Waals surface area (Å²) >= 11 is 11.0. The average molecular weight is 2090 g/mol. The number of carbonyl (C=O) groups is 4. The molecule has 0 radical (unpaired) electrons. The number of ketones is 4. The van der Waals surface area contributed by atoms with E-state index in [9.17, 15) is 87.8 Å². The van der Waals surface area contributed by atoms with E-state index in [2.05, 4.69) is 55.9 Å². The molecule has 16 aromatic rings. The summed E-state index contributed by atoms with van der Waals surface area (Å²) in [6, 6.07) is 61.5. The van der Waals surface area contributed by atoms with E-state index in [4.69, 9.17) is 11.6 Å². The van der Waals surface area contributed by atoms with Crippen LogP contribution in [-0.4, -0.2) is 80.3 Å². The quantitative estimate of drug-likeness (QED) is 0.0322. The monoisotopic (exact) mass is 2090 g/mol. The fourth-order valence-electron chi connectivity index (χ4n) is 17.6. The summed E-state index contributed by atoms with van der Waals surface area (Å²) < 4.78 is 122. The second-order valence-electron chi connectivity index (χ2n) is 31.4. The molecule has 0 bridgehead atoms. The van der Waals surface area contributed by atoms with Crippen LogP contribution in [0, 0.1) is 27.7 Å². The number of hydrogen-bond donors (Lipinski definition) is 4. The minimum absolute atomic E-state index is 0. The van der Waals surface area contributed by atoms with Crippen LogP contribution in [0.3, 0.4) is 0 Å². The number of rotatable bonds is 17. The van der Waals surface area contributed by atoms with E-state index in [1.165, 1.54) is 51.1 Å². The maximum absolute atomic E-state index is 13.7. The van der Waals surface area contributed by atoms with Gasteiger partial charge in [-0.25, -0.2) is 25.3 Å². The number of pyridine rings is 4. The smallest absolute Gasteiger partial charge is 0.744 e. The number of anilines is 8. The van der Waals surface area contributed by atoms with Gasteiger partial charge < -0.3 is 63.7 Å². The number of nitrogens with one attached hydrogen (secondary N) is 4. The maximum Gasteiger partial charge on any atom is 1.00 e. The van der Waals surface area contributed by atoms with Crippen LogP contribution >= 0.6 is 51.6 Å². The van der Waals surface area contributed by atoms with E-state index < -0.39 is 51.5 Å². The number of para-hydroxylation sites is 1. The van der Waals surface area contributed by atoms with Crippen molar-refractivity contribution in [2.24, 2.45) is 28.2 Å². The molecule has 0 aliphatic heterocycles. The van der Waals surface area contributed by atoms with Crippen LogP contribution in [0.2, 0.25) is 5.02 Å². The first-order valence-corrected chi connectivity index (χ1v) is 47.0. The van der Waals surface area contributed by atoms with Crippen LogP contribution in [0.25, 0.3) is 88.1 Å². The van der Waals surface area contributed by atoms with Gasteiger partial charge >= 0.3 is 148 Å². The van der Waals surface area contributed by atoms with Crippen LogP contribution in [-0.2, 0) is 77.3 Å². The van der Waals surface area contributed by atoms with Gasteiger partial charge in [0.25, 0.3) is 22.2 Å². The van der Waals surface area contributed by atoms with Crippen molar-refractivity contribution >= 4 is 194 Å². The fraction of sp³-hybridized carbons (Fsp3) is 0.0833. The summed E-state index contributed by atoms with van der Waals surface area (Å²) in [5.41, 5.74) is 14.3. The van der Waals surface area contributed by atoms with Crippen molar-refractivity contribution in [1.29, 1.82) is 0 Å². The number of aryl methyl sites for hydroxylation is 7. The SMILES string of the molecule is Cc1cc(C)c(S(=O)(=O)[O-])c(C)c1Nc1ccc2c3c(cc(=O)n2C)-c2ccccc2C(=O)c13.Cc1ccc(Nc2cc(S(=O)(=O)[O-])c3c4c(cc(=O)n3C)-c3ccccc3C(=O)c24)c(SOO[O-])c1.Cn1c(=O)cc2c3c(c(Nc4ccc(S(=O)(=O)[O-])c(Cl)c4)ccc31)C(=O)c1ccccc1-2.Cn1c(=O)cc2c3c(c(Nc4ccccc4SOO[O-])cc(Br)c31)C(=O)c1ccccc1-2.[Na+].[Na+].[Na+].[Na+].[Na+]. The van der Waals surface area contributed by atoms with Crippen LogP contribution < -0.4 is 202 Å². The molecule has 43 heteroatoms. The second kappa shape index (κ2) is 43.5. The molecule has 0 saturated heterocycles. The molecule has 31 nitrogen and oxygen atoms in total. The molecule has 4 aromatic heterocycles. The van der Waals surface area contributed by atoms with Gasteiger partial charge in [0, 0.05) is 112 Å². The first-order valence-electron chi connectivity index (χ1n) is 40.1. The number of aromatic nitrogens is 4. The largest absolute Gasteiger partial charge is 1.00 e. The van der Waals surface area contributed by atoms with Gasteiger partial charge in [-0.2, -0.15) is 8.67 Å². The third-order valence-electron chi connectivity index (χ3n) is 23.5. The van der Waals surface area contributed by atoms with Crippen molar-refractivity contribution in [2.45, 2.75) is 52.2 Å². The average Bonchev–Trinajstić information content (AvgIpc) is 0.714. The van der Waals surface area contributed by atoms with E-state index in [1.54, 1.807) is 181 Å². The molecule has 0 spiro atoms. The number of halogens is 2. The van der Waals surface area contributed by atoms with E-state index in [-0.39, 0.29) is 214 Å². The Labute approximate surface area is 924 Å². The topological polar surface area (TPSA) is 459 Å². The van der Waals surface area contributed by atoms with Crippen molar-refractivity contribution in [2.75, 3.05) is 21.3 Å². The number of hydrogen-bond acceptors (Lipinski definition) is 29. The summed E-state index contributed by atoms with van der Waals surface area (Å²) in [6.07, 6.45) is 0. The van der Waals surface area contributed by atoms with Crippen molar-refractivity contribution in [3.8, 4) is 44.5 Å². The van der Waals surface area contributed by atoms with Crippen LogP contribution in [0.1, 0.15) is 85.9 Å². The predicted octanol–water partition coefficient (Wildman–Crippen LogP) is 0.817. The van der Waals surface area contributed by atoms with E-state index in [0.717, 1.165) is 45.4 Å². The standard InChI is InChI=1S/C26H22N2O5S.C24H18N2O8S2.C23H15BrN2O5S.C23H15ClN2O5S.5Na/c1-13-11-14(2)26(34(31,32)33)15(3)24(13)27-19-9-10-20-22-18(12-21(29)28(20)4)16-7-5-6-8-17(16)25(30)23(19)22;1-12-7-8-16(18(9-12)35-34-33-29)25-17-11-19(36(30,31)32)23-21-15(10-20(27)26(23)2)13-5-3-4-6-14(13)24(28)22(17)21;1-26-19(27)10-14-12-6-2-3-7-13(12)23(28)21-17(11-15(24)22(26)20(14)21)25-16-8-4-5-9-18(16)32-31-30-29;1-26-18-8-7-17(25-12-6-9-19(16(24)10-12)32(29,30)31)22-21(18)15(11-20(26)27)13-4-2-3-5-14(13)23(22)28;;;;;/h5-12,27H,1-4H3,(H,31,32,33);3-11,25,29H,1-2H3,(H,30,31,32);2-11,25,29H,1H3;2-11,25H,1H3,(H,29,30,31);;;;;/q;;;;5*+1/p-5. The van der Waals surface area contributed by atoms with Gasteiger partial charge in [0.05, 0.1) is 132 Å². The van der Waals surface area contributed by atoms with Gasteiger partial charge in [0.1, 0.15) is 30.4 Å². The number of benzene rings is 12. The molecule has 0 amide bonds. The van der Waals surface area contributed by atoms with E-state index in [0.29, 0.717) is 188 Å². The fourth-order valence-corrected chi connectivity index (χ4v) is 22.0. The number of carbonyl (C=O) groups excluding carboxylic acids is 4. The maximum atomic E-state index is 13.7. The van der Waals surface area contributed by atoms with Crippen LogP contribution in [0.4, 0.5) is 45.5 Å². The molecule has 139 heavy (non-hydrogen) atoms. The van der Waals surface area contributed by atoms with Gasteiger partial charge in [-0.1, -0.05) is 133 Å². The first-order chi connectivity index (χ1) is 63.8. The Morgan fingerprint density at radius 2 is 0.719 bits per heavy atom. The van der Waals surface area contributed by atoms with Gasteiger partial charge in [0.15, 0.2) is 23.1 Å². The molecule has 0 atom stereocenters. The molecule has 4 aliphatic rings. The molecular weight excluding hydrogens is 2020 g/mol. The van der Waals surface area contributed by atoms with Crippen LogP contribution in [0.15, 0.2) is 273 Å². The third kappa shape index (κ3) is 20.4. The van der Waals surface area contributed by atoms with Crippen LogP contribution in [0.5, 0.6) is 0 Å². The summed E-state index contributed by atoms with van der Waals surface area (Å²) in [4.78, 5) is 105. The first kappa shape index (κ1) is 109. The molecule has 4 N–H and O–H groups in total. The Hall–Kier alpha value is -8.68. The molecule has 4 heterocycles. The normalized spacial score (nSPS) is 12.1. The van der Waals surface area contributed by atoms with Gasteiger partial charge in [-0.05, 0) is 189 Å². The summed E-state index contributed by atoms with van der Waals surface area (Å²) in [5.74, 6) is -0.964. The van der Waals surface area contributed by atoms with E-state index in [1.807, 2.05) is 49.4 Å². The zero-order valence-electron chi connectivity index (χ0n) is 75.8. The molecule has 0 fully saturated rings. The van der Waals surface area contributed by atoms with Crippen molar-refractivity contribution in [3.63, 3.8) is 0 Å². The minimum Gasteiger partial charge on any atom is -0.744 e. The number of fused-ring (bicyclic) bond motifs is 8. The molecular formula is C96H65BrClN8Na5O23S5. The molecule has 676 valence electrons. The number of nitrogens with zero attached hydrogens (tertiary/aromatic N) is 4. The molecule has 0 saturated carbocycles. The van der Waals surface area contributed by atoms with Gasteiger partial charge in [-0.3, -0.25) is 48.4 Å². The van der Waals surface area contributed by atoms with Gasteiger partial charge in [-0.15, -0.1) is 0 Å². The second-order valence-corrected chi connectivity index (χ2v) is 38.2. The summed E-state index contributed by atoms with van der Waals surface area (Å²) in [7, 11) is -8.16. The van der Waals surface area contributed by atoms with E-state index >= 15 is 0 Å². The minimum atomic E-state index is -5.08. The molecule has 12 aromatic carbocycles. The van der Waals surface area contributed by atoms with Crippen molar-refractivity contribution in [3.05, 3.63) is 342 Å². The van der Waals surface area contributed by atoms with Crippen molar-refractivity contribution in [1.82, 2.24) is 18.3 Å². The predicted molar refractivity (Wildman–Crippen MR) is 503 cm³/mol. The van der Waals surface area contributed by atoms with Crippen molar-refractivity contribution < 1.29 is 235 Å². The zero-order chi connectivity index (χ0) is 95.5. The van der Waals surface area contributed by atoms with Gasteiger partial charge in [0.2, 0.25) is 0 Å². The molecule has 20 rings (SSSR count). The Balaban J connectivity index is 0.000000164. The molecule has 0 unspecified atom stereocenters. The summed E-state index contributed by atoms with van der Waals surface area (Å²) in [6.45, 7) is 6.77. The Bertz CT molecular complexity index is 8590. The Morgan fingerprint density at radius 1 is 0.345 bits per heavy atom. The Kier molecular flexibility index (Phi) is 34.1. The zero-order valence-corrected chi connectivity index (χ0v) is 92.3. The summed E-state index contributed by atoms with van der Waals surface area (Å²) in [5, 5.41) is 42.2. The molecule has 4 aliphatic carbocycles.